The molecule has 0 spiro atoms. The maximum atomic E-state index is 13.7. The lowest BCUT2D eigenvalue weighted by atomic mass is 10.2. The number of nitrogens with zero attached hydrogens (tertiary/aromatic N) is 3. The molecule has 0 saturated carbocycles. The van der Waals surface area contributed by atoms with Gasteiger partial charge in [0, 0.05) is 32.4 Å². The van der Waals surface area contributed by atoms with Crippen LogP contribution in [0.25, 0.3) is 5.65 Å². The Hall–Kier alpha value is -1.95. The minimum atomic E-state index is -0.412. The molecule has 1 aliphatic heterocycles. The topological polar surface area (TPSA) is 49.6 Å². The van der Waals surface area contributed by atoms with Crippen molar-refractivity contribution < 1.29 is 9.18 Å². The van der Waals surface area contributed by atoms with Gasteiger partial charge in [0.2, 0.25) is 0 Å². The number of amides is 1. The predicted octanol–water partition coefficient (Wildman–Crippen LogP) is 0.827. The van der Waals surface area contributed by atoms with Gasteiger partial charge in [0.25, 0.3) is 5.91 Å². The summed E-state index contributed by atoms with van der Waals surface area (Å²) in [5.41, 5.74) is 1.23. The first-order valence-electron chi connectivity index (χ1n) is 6.31. The number of rotatable bonds is 1. The number of pyridine rings is 1. The van der Waals surface area contributed by atoms with Gasteiger partial charge in [-0.05, 0) is 19.1 Å². The molecular weight excluding hydrogens is 247 g/mol. The maximum absolute atomic E-state index is 13.7. The molecule has 0 radical (unpaired) electrons. The number of halogens is 1. The third-order valence-electron chi connectivity index (χ3n) is 3.38. The first kappa shape index (κ1) is 12.1. The summed E-state index contributed by atoms with van der Waals surface area (Å²) in [6.45, 7) is 4.65. The fourth-order valence-electron chi connectivity index (χ4n) is 2.42. The molecule has 0 bridgehead atoms. The van der Waals surface area contributed by atoms with Gasteiger partial charge in [-0.3, -0.25) is 9.20 Å². The molecule has 2 aromatic heterocycles. The van der Waals surface area contributed by atoms with E-state index in [9.17, 15) is 9.18 Å². The summed E-state index contributed by atoms with van der Waals surface area (Å²) in [6, 6.07) is 2.93. The van der Waals surface area contributed by atoms with E-state index in [0.29, 0.717) is 24.5 Å². The Morgan fingerprint density at radius 3 is 2.89 bits per heavy atom. The minimum Gasteiger partial charge on any atom is -0.335 e. The molecule has 1 fully saturated rings. The van der Waals surface area contributed by atoms with Crippen molar-refractivity contribution in [1.82, 2.24) is 19.6 Å². The van der Waals surface area contributed by atoms with Gasteiger partial charge in [-0.1, -0.05) is 0 Å². The third kappa shape index (κ3) is 1.98. The second-order valence-corrected chi connectivity index (χ2v) is 4.64. The van der Waals surface area contributed by atoms with Crippen LogP contribution in [0.1, 0.15) is 16.2 Å². The summed E-state index contributed by atoms with van der Waals surface area (Å²) < 4.78 is 15.2. The molecule has 0 atom stereocenters. The smallest absolute Gasteiger partial charge is 0.272 e. The number of aryl methyl sites for hydroxylation is 1. The highest BCUT2D eigenvalue weighted by atomic mass is 19.1. The average molecular weight is 262 g/mol. The van der Waals surface area contributed by atoms with Crippen LogP contribution >= 0.6 is 0 Å². The van der Waals surface area contributed by atoms with E-state index in [1.165, 1.54) is 10.5 Å². The summed E-state index contributed by atoms with van der Waals surface area (Å²) in [5, 5.41) is 3.20. The molecule has 1 saturated heterocycles. The normalized spacial score (nSPS) is 16.0. The Bertz CT molecular complexity index is 631. The number of hydrogen-bond acceptors (Lipinski definition) is 3. The third-order valence-corrected chi connectivity index (χ3v) is 3.38. The molecule has 100 valence electrons. The van der Waals surface area contributed by atoms with Crippen molar-refractivity contribution in [2.45, 2.75) is 6.92 Å². The molecule has 3 heterocycles. The molecule has 5 nitrogen and oxygen atoms in total. The van der Waals surface area contributed by atoms with Gasteiger partial charge in [-0.2, -0.15) is 0 Å². The first-order chi connectivity index (χ1) is 9.18. The molecule has 0 aromatic carbocycles. The summed E-state index contributed by atoms with van der Waals surface area (Å²) in [7, 11) is 0. The number of nitrogens with one attached hydrogen (secondary N) is 1. The molecule has 6 heteroatoms. The second-order valence-electron chi connectivity index (χ2n) is 4.64. The molecule has 0 unspecified atom stereocenters. The molecular formula is C13H15FN4O. The Morgan fingerprint density at radius 1 is 1.42 bits per heavy atom. The van der Waals surface area contributed by atoms with Crippen LogP contribution in [0.5, 0.6) is 0 Å². The Kier molecular flexibility index (Phi) is 2.94. The summed E-state index contributed by atoms with van der Waals surface area (Å²) in [5.74, 6) is -0.498. The zero-order valence-electron chi connectivity index (χ0n) is 10.7. The van der Waals surface area contributed by atoms with Gasteiger partial charge in [-0.15, -0.1) is 0 Å². The largest absolute Gasteiger partial charge is 0.335 e. The van der Waals surface area contributed by atoms with Crippen molar-refractivity contribution in [3.8, 4) is 0 Å². The van der Waals surface area contributed by atoms with Crippen LogP contribution in [0.15, 0.2) is 18.3 Å². The number of imidazole rings is 1. The van der Waals surface area contributed by atoms with Crippen molar-refractivity contribution in [2.75, 3.05) is 26.2 Å². The van der Waals surface area contributed by atoms with Crippen molar-refractivity contribution in [3.05, 3.63) is 35.5 Å². The maximum Gasteiger partial charge on any atom is 0.272 e. The Balaban J connectivity index is 2.06. The Morgan fingerprint density at radius 2 is 2.16 bits per heavy atom. The van der Waals surface area contributed by atoms with Gasteiger partial charge >= 0.3 is 0 Å². The van der Waals surface area contributed by atoms with Crippen molar-refractivity contribution >= 4 is 11.6 Å². The van der Waals surface area contributed by atoms with Crippen LogP contribution in [-0.4, -0.2) is 46.4 Å². The predicted molar refractivity (Wildman–Crippen MR) is 68.7 cm³/mol. The first-order valence-corrected chi connectivity index (χ1v) is 6.31. The number of carbonyl (C=O) groups is 1. The van der Waals surface area contributed by atoms with Gasteiger partial charge in [-0.25, -0.2) is 9.37 Å². The van der Waals surface area contributed by atoms with E-state index >= 15 is 0 Å². The SMILES string of the molecule is Cc1nc2c(F)cccn2c1C(=O)N1CCNCC1. The van der Waals surface area contributed by atoms with E-state index < -0.39 is 5.82 Å². The van der Waals surface area contributed by atoms with Crippen LogP contribution in [0.2, 0.25) is 0 Å². The van der Waals surface area contributed by atoms with Gasteiger partial charge < -0.3 is 10.2 Å². The van der Waals surface area contributed by atoms with E-state index in [1.807, 2.05) is 0 Å². The summed E-state index contributed by atoms with van der Waals surface area (Å²) in [6.07, 6.45) is 1.67. The van der Waals surface area contributed by atoms with Crippen molar-refractivity contribution in [1.29, 1.82) is 0 Å². The van der Waals surface area contributed by atoms with E-state index in [4.69, 9.17) is 0 Å². The van der Waals surface area contributed by atoms with Crippen molar-refractivity contribution in [3.63, 3.8) is 0 Å². The Labute approximate surface area is 110 Å². The molecule has 3 rings (SSSR count). The van der Waals surface area contributed by atoms with Crippen molar-refractivity contribution in [2.24, 2.45) is 0 Å². The highest BCUT2D eigenvalue weighted by Gasteiger charge is 2.24. The molecule has 1 amide bonds. The molecule has 19 heavy (non-hydrogen) atoms. The number of carbonyl (C=O) groups excluding carboxylic acids is 1. The fraction of sp³-hybridized carbons (Fsp3) is 0.385. The van der Waals surface area contributed by atoms with Crippen LogP contribution in [-0.2, 0) is 0 Å². The van der Waals surface area contributed by atoms with E-state index in [-0.39, 0.29) is 11.6 Å². The minimum absolute atomic E-state index is 0.0860. The monoisotopic (exact) mass is 262 g/mol. The number of hydrogen-bond donors (Lipinski definition) is 1. The molecule has 1 N–H and O–H groups in total. The molecule has 1 aliphatic rings. The van der Waals surface area contributed by atoms with E-state index in [2.05, 4.69) is 10.3 Å². The highest BCUT2D eigenvalue weighted by molar-refractivity contribution is 5.94. The zero-order valence-corrected chi connectivity index (χ0v) is 10.7. The lowest BCUT2D eigenvalue weighted by Gasteiger charge is -2.27. The van der Waals surface area contributed by atoms with Gasteiger partial charge in [0.15, 0.2) is 11.5 Å². The zero-order chi connectivity index (χ0) is 13.4. The average Bonchev–Trinajstić information content (AvgIpc) is 2.77. The summed E-state index contributed by atoms with van der Waals surface area (Å²) in [4.78, 5) is 18.5. The highest BCUT2D eigenvalue weighted by Crippen LogP contribution is 2.16. The molecule has 2 aromatic rings. The number of piperazine rings is 1. The fourth-order valence-corrected chi connectivity index (χ4v) is 2.42. The van der Waals surface area contributed by atoms with Crippen LogP contribution < -0.4 is 5.32 Å². The summed E-state index contributed by atoms with van der Waals surface area (Å²) >= 11 is 0. The van der Waals surface area contributed by atoms with Gasteiger partial charge in [0.1, 0.15) is 5.69 Å². The van der Waals surface area contributed by atoms with Gasteiger partial charge in [0.05, 0.1) is 5.69 Å². The van der Waals surface area contributed by atoms with Crippen LogP contribution in [0, 0.1) is 12.7 Å². The quantitative estimate of drug-likeness (QED) is 0.828. The van der Waals surface area contributed by atoms with Crippen LogP contribution in [0.4, 0.5) is 4.39 Å². The molecule has 0 aliphatic carbocycles. The van der Waals surface area contributed by atoms with E-state index in [1.54, 1.807) is 24.1 Å². The lowest BCUT2D eigenvalue weighted by Crippen LogP contribution is -2.46. The number of aromatic nitrogens is 2. The second kappa shape index (κ2) is 4.62. The lowest BCUT2D eigenvalue weighted by molar-refractivity contribution is 0.0728. The number of fused-ring (bicyclic) bond motifs is 1. The standard InChI is InChI=1S/C13H15FN4O/c1-9-11(13(19)17-7-4-15-5-8-17)18-6-2-3-10(14)12(18)16-9/h2-3,6,15H,4-5,7-8H2,1H3. The van der Waals surface area contributed by atoms with Crippen LogP contribution in [0.3, 0.4) is 0 Å². The van der Waals surface area contributed by atoms with E-state index in [0.717, 1.165) is 13.1 Å².